The van der Waals surface area contributed by atoms with E-state index in [1.54, 1.807) is 6.26 Å². The van der Waals surface area contributed by atoms with Crippen molar-refractivity contribution in [1.29, 1.82) is 0 Å². The molecule has 30 heavy (non-hydrogen) atoms. The Kier molecular flexibility index (Phi) is 5.36. The second-order valence-electron chi connectivity index (χ2n) is 8.65. The fourth-order valence-corrected chi connectivity index (χ4v) is 4.72. The van der Waals surface area contributed by atoms with E-state index in [0.717, 1.165) is 56.6 Å². The van der Waals surface area contributed by atoms with E-state index in [0.29, 0.717) is 5.92 Å². The average Bonchev–Trinajstić information content (AvgIpc) is 3.21. The molecule has 6 rings (SSSR count). The smallest absolute Gasteiger partial charge is 0.134 e. The van der Waals surface area contributed by atoms with Gasteiger partial charge in [0.05, 0.1) is 12.5 Å². The maximum absolute atomic E-state index is 5.57. The van der Waals surface area contributed by atoms with E-state index in [2.05, 4.69) is 48.7 Å². The molecular formula is C26H30N2O2. The molecule has 4 heterocycles. The normalized spacial score (nSPS) is 18.8. The topological polar surface area (TPSA) is 50.3 Å². The van der Waals surface area contributed by atoms with Crippen molar-refractivity contribution in [2.45, 2.75) is 39.0 Å². The van der Waals surface area contributed by atoms with Crippen molar-refractivity contribution < 1.29 is 8.83 Å². The SMILES string of the molecule is Cc1coc2cc3c(cc12)C(C)CNCC3.c1cc2cc3c(cc2o1)CCNCC3. The average molecular weight is 403 g/mol. The lowest BCUT2D eigenvalue weighted by Gasteiger charge is -2.12. The first-order valence-corrected chi connectivity index (χ1v) is 11.1. The molecule has 1 atom stereocenters. The predicted octanol–water partition coefficient (Wildman–Crippen LogP) is 5.11. The number of fused-ring (bicyclic) bond motifs is 4. The summed E-state index contributed by atoms with van der Waals surface area (Å²) in [6.45, 7) is 8.73. The zero-order valence-electron chi connectivity index (χ0n) is 17.9. The van der Waals surface area contributed by atoms with Crippen LogP contribution < -0.4 is 10.6 Å². The van der Waals surface area contributed by atoms with E-state index in [4.69, 9.17) is 8.83 Å². The predicted molar refractivity (Wildman–Crippen MR) is 122 cm³/mol. The summed E-state index contributed by atoms with van der Waals surface area (Å²) < 4.78 is 11.0. The van der Waals surface area contributed by atoms with E-state index >= 15 is 0 Å². The zero-order chi connectivity index (χ0) is 20.5. The maximum atomic E-state index is 5.57. The van der Waals surface area contributed by atoms with Gasteiger partial charge in [-0.2, -0.15) is 0 Å². The molecule has 0 bridgehead atoms. The van der Waals surface area contributed by atoms with Gasteiger partial charge in [0.25, 0.3) is 0 Å². The number of furan rings is 2. The van der Waals surface area contributed by atoms with Gasteiger partial charge in [0.15, 0.2) is 0 Å². The van der Waals surface area contributed by atoms with Crippen LogP contribution in [0.3, 0.4) is 0 Å². The lowest BCUT2D eigenvalue weighted by atomic mass is 9.93. The van der Waals surface area contributed by atoms with Gasteiger partial charge in [-0.1, -0.05) is 6.92 Å². The monoisotopic (exact) mass is 402 g/mol. The molecule has 4 heteroatoms. The van der Waals surface area contributed by atoms with E-state index in [1.807, 2.05) is 12.3 Å². The lowest BCUT2D eigenvalue weighted by Crippen LogP contribution is -2.18. The third-order valence-corrected chi connectivity index (χ3v) is 6.50. The molecule has 0 saturated carbocycles. The molecule has 156 valence electrons. The largest absolute Gasteiger partial charge is 0.464 e. The van der Waals surface area contributed by atoms with Crippen molar-refractivity contribution in [3.05, 3.63) is 70.7 Å². The van der Waals surface area contributed by atoms with Crippen LogP contribution in [0.2, 0.25) is 0 Å². The molecule has 0 fully saturated rings. The van der Waals surface area contributed by atoms with Gasteiger partial charge in [0.1, 0.15) is 11.2 Å². The van der Waals surface area contributed by atoms with Crippen LogP contribution in [-0.2, 0) is 19.3 Å². The van der Waals surface area contributed by atoms with Gasteiger partial charge in [0, 0.05) is 17.3 Å². The molecule has 2 aliphatic rings. The molecule has 4 nitrogen and oxygen atoms in total. The first-order chi connectivity index (χ1) is 14.7. The molecule has 2 aliphatic heterocycles. The summed E-state index contributed by atoms with van der Waals surface area (Å²) in [5.74, 6) is 0.594. The molecule has 0 spiro atoms. The second kappa shape index (κ2) is 8.29. The number of rotatable bonds is 0. The zero-order valence-corrected chi connectivity index (χ0v) is 17.9. The summed E-state index contributed by atoms with van der Waals surface area (Å²) in [5, 5.41) is 9.38. The van der Waals surface area contributed by atoms with Crippen LogP contribution in [0.4, 0.5) is 0 Å². The molecule has 1 unspecified atom stereocenters. The summed E-state index contributed by atoms with van der Waals surface area (Å²) in [5.41, 5.74) is 9.14. The van der Waals surface area contributed by atoms with Crippen molar-refractivity contribution in [2.24, 2.45) is 0 Å². The van der Waals surface area contributed by atoms with Crippen LogP contribution >= 0.6 is 0 Å². The Morgan fingerprint density at radius 2 is 1.57 bits per heavy atom. The maximum Gasteiger partial charge on any atom is 0.134 e. The molecule has 0 aliphatic carbocycles. The number of hydrogen-bond donors (Lipinski definition) is 2. The molecule has 2 aromatic heterocycles. The Hall–Kier alpha value is -2.56. The summed E-state index contributed by atoms with van der Waals surface area (Å²) in [6.07, 6.45) is 6.98. The Morgan fingerprint density at radius 3 is 2.43 bits per heavy atom. The Labute approximate surface area is 177 Å². The van der Waals surface area contributed by atoms with Crippen LogP contribution in [0.25, 0.3) is 21.9 Å². The highest BCUT2D eigenvalue weighted by atomic mass is 16.3. The molecule has 4 aromatic rings. The quantitative estimate of drug-likeness (QED) is 0.429. The van der Waals surface area contributed by atoms with Gasteiger partial charge in [-0.05, 0) is 110 Å². The summed E-state index contributed by atoms with van der Waals surface area (Å²) in [6, 6.07) is 11.0. The van der Waals surface area contributed by atoms with E-state index in [1.165, 1.54) is 38.6 Å². The number of hydrogen-bond acceptors (Lipinski definition) is 4. The Morgan fingerprint density at radius 1 is 0.833 bits per heavy atom. The first kappa shape index (κ1) is 19.4. The Balaban J connectivity index is 0.000000130. The van der Waals surface area contributed by atoms with Crippen LogP contribution in [0.1, 0.15) is 40.7 Å². The molecule has 0 saturated heterocycles. The minimum absolute atomic E-state index is 0.594. The van der Waals surface area contributed by atoms with Crippen LogP contribution in [0.5, 0.6) is 0 Å². The van der Waals surface area contributed by atoms with Gasteiger partial charge in [0.2, 0.25) is 0 Å². The summed E-state index contributed by atoms with van der Waals surface area (Å²) in [7, 11) is 0. The van der Waals surface area contributed by atoms with Gasteiger partial charge in [-0.3, -0.25) is 0 Å². The minimum Gasteiger partial charge on any atom is -0.464 e. The van der Waals surface area contributed by atoms with Crippen LogP contribution in [0, 0.1) is 6.92 Å². The summed E-state index contributed by atoms with van der Waals surface area (Å²) in [4.78, 5) is 0. The van der Waals surface area contributed by atoms with Crippen molar-refractivity contribution in [2.75, 3.05) is 26.2 Å². The third kappa shape index (κ3) is 3.78. The highest BCUT2D eigenvalue weighted by Crippen LogP contribution is 2.30. The lowest BCUT2D eigenvalue weighted by molar-refractivity contribution is 0.612. The molecule has 0 amide bonds. The molecular weight excluding hydrogens is 372 g/mol. The van der Waals surface area contributed by atoms with Crippen molar-refractivity contribution in [3.63, 3.8) is 0 Å². The van der Waals surface area contributed by atoms with Crippen LogP contribution in [-0.4, -0.2) is 26.2 Å². The second-order valence-corrected chi connectivity index (χ2v) is 8.65. The molecule has 0 radical (unpaired) electrons. The highest BCUT2D eigenvalue weighted by Gasteiger charge is 2.17. The van der Waals surface area contributed by atoms with Gasteiger partial charge in [-0.15, -0.1) is 0 Å². The number of nitrogens with one attached hydrogen (secondary N) is 2. The molecule has 2 aromatic carbocycles. The summed E-state index contributed by atoms with van der Waals surface area (Å²) >= 11 is 0. The van der Waals surface area contributed by atoms with Gasteiger partial charge in [-0.25, -0.2) is 0 Å². The number of aryl methyl sites for hydroxylation is 1. The van der Waals surface area contributed by atoms with Crippen molar-refractivity contribution >= 4 is 21.9 Å². The third-order valence-electron chi connectivity index (χ3n) is 6.50. The van der Waals surface area contributed by atoms with E-state index in [9.17, 15) is 0 Å². The van der Waals surface area contributed by atoms with Crippen LogP contribution in [0.15, 0.2) is 51.7 Å². The molecule has 2 N–H and O–H groups in total. The first-order valence-electron chi connectivity index (χ1n) is 11.1. The fourth-order valence-electron chi connectivity index (χ4n) is 4.72. The minimum atomic E-state index is 0.594. The van der Waals surface area contributed by atoms with Gasteiger partial charge >= 0.3 is 0 Å². The van der Waals surface area contributed by atoms with Gasteiger partial charge < -0.3 is 19.5 Å². The van der Waals surface area contributed by atoms with E-state index < -0.39 is 0 Å². The Bertz CT molecular complexity index is 1130. The highest BCUT2D eigenvalue weighted by molar-refractivity contribution is 5.82. The number of benzene rings is 2. The van der Waals surface area contributed by atoms with Crippen molar-refractivity contribution in [1.82, 2.24) is 10.6 Å². The fraction of sp³-hybridized carbons (Fsp3) is 0.385. The standard InChI is InChI=1S/C14H17NO.C12H13NO/c1-9-7-15-4-3-11-5-14-13(6-12(9)11)10(2)8-16-14;1-4-13-5-2-10-8-12-11(3-6-14-12)7-9(1)10/h5-6,8-9,15H,3-4,7H2,1-2H3;3,6-8,13H,1-2,4-5H2. The van der Waals surface area contributed by atoms with Crippen molar-refractivity contribution in [3.8, 4) is 0 Å². The van der Waals surface area contributed by atoms with E-state index in [-0.39, 0.29) is 0 Å².